The van der Waals surface area contributed by atoms with Gasteiger partial charge in [0.2, 0.25) is 0 Å². The van der Waals surface area contributed by atoms with Gasteiger partial charge in [-0.1, -0.05) is 182 Å². The molecule has 0 aliphatic carbocycles. The molecule has 0 saturated carbocycles. The maximum atomic E-state index is 5.40. The zero-order chi connectivity index (χ0) is 38.1. The summed E-state index contributed by atoms with van der Waals surface area (Å²) < 4.78 is 6.00. The van der Waals surface area contributed by atoms with Crippen LogP contribution in [-0.2, 0) is 17.1 Å². The Bertz CT molecular complexity index is 2360. The maximum absolute atomic E-state index is 5.40. The van der Waals surface area contributed by atoms with E-state index < -0.39 is 0 Å². The maximum Gasteiger partial charge on any atom is 2.00 e. The Morgan fingerprint density at radius 2 is 0.596 bits per heavy atom. The molecule has 3 heterocycles. The quantitative estimate of drug-likeness (QED) is 0.0789. The summed E-state index contributed by atoms with van der Waals surface area (Å²) in [5, 5.41) is 16.2. The molecule has 7 heteroatoms. The van der Waals surface area contributed by atoms with Crippen molar-refractivity contribution in [2.45, 2.75) is 0 Å². The molecule has 275 valence electrons. The van der Waals surface area contributed by atoms with E-state index in [0.717, 1.165) is 67.5 Å². The molecule has 0 atom stereocenters. The van der Waals surface area contributed by atoms with Gasteiger partial charge < -0.3 is 0 Å². The number of allylic oxidation sites excluding steroid dienone is 2. The molecule has 9 aromatic rings. The first-order valence-electron chi connectivity index (χ1n) is 18.4. The van der Waals surface area contributed by atoms with E-state index >= 15 is 0 Å². The Balaban J connectivity index is 0.000000949. The third-order valence-corrected chi connectivity index (χ3v) is 9.25. The van der Waals surface area contributed by atoms with Gasteiger partial charge in [0.25, 0.3) is 0 Å². The van der Waals surface area contributed by atoms with E-state index in [1.54, 1.807) is 0 Å². The zero-order valence-electron chi connectivity index (χ0n) is 31.1. The summed E-state index contributed by atoms with van der Waals surface area (Å²) in [4.78, 5) is 0. The monoisotopic (exact) mass is 777 g/mol. The average molecular weight is 778 g/mol. The largest absolute Gasteiger partial charge is 2.00 e. The number of nitrogens with zero attached hydrogens (tertiary/aromatic N) is 6. The van der Waals surface area contributed by atoms with E-state index in [2.05, 4.69) is 134 Å². The number of hydrogen-bond acceptors (Lipinski definition) is 3. The predicted molar refractivity (Wildman–Crippen MR) is 228 cm³/mol. The molecule has 0 bridgehead atoms. The molecule has 0 saturated heterocycles. The number of aromatic nitrogens is 6. The van der Waals surface area contributed by atoms with Gasteiger partial charge in [0.05, 0.1) is 17.1 Å². The topological polar surface area (TPSA) is 53.5 Å². The Morgan fingerprint density at radius 3 is 0.807 bits per heavy atom. The van der Waals surface area contributed by atoms with Gasteiger partial charge in [-0.2, -0.15) is 21.9 Å². The number of rotatable bonds is 10. The molecular weight excluding hydrogens is 740 g/mol. The normalized spacial score (nSPS) is 10.5. The molecule has 0 spiro atoms. The molecule has 0 aliphatic heterocycles. The molecule has 1 radical (unpaired) electrons. The van der Waals surface area contributed by atoms with Gasteiger partial charge in [-0.05, 0) is 34.9 Å². The second kappa shape index (κ2) is 18.0. The van der Waals surface area contributed by atoms with E-state index in [9.17, 15) is 0 Å². The van der Waals surface area contributed by atoms with Crippen LogP contribution in [0.2, 0.25) is 0 Å². The van der Waals surface area contributed by atoms with E-state index in [0.29, 0.717) is 6.29 Å². The minimum Gasteiger partial charge on any atom is -0.293 e. The second-order valence-corrected chi connectivity index (χ2v) is 12.9. The Kier molecular flexibility index (Phi) is 12.0. The van der Waals surface area contributed by atoms with Crippen LogP contribution in [0.5, 0.6) is 0 Å². The second-order valence-electron chi connectivity index (χ2n) is 12.9. The molecule has 0 amide bonds. The fourth-order valence-electron chi connectivity index (χ4n) is 6.56. The Hall–Kier alpha value is -7.18. The predicted octanol–water partition coefficient (Wildman–Crippen LogP) is 11.8. The van der Waals surface area contributed by atoms with Crippen molar-refractivity contribution in [3.8, 4) is 67.5 Å². The van der Waals surface area contributed by atoms with Gasteiger partial charge in [0.1, 0.15) is 0 Å². The van der Waals surface area contributed by atoms with E-state index in [-0.39, 0.29) is 17.1 Å². The third kappa shape index (κ3) is 8.26. The summed E-state index contributed by atoms with van der Waals surface area (Å²) >= 11 is 0. The Morgan fingerprint density at radius 1 is 0.386 bits per heavy atom. The van der Waals surface area contributed by atoms with Crippen molar-refractivity contribution in [3.63, 3.8) is 0 Å². The van der Waals surface area contributed by atoms with Crippen LogP contribution >= 0.6 is 0 Å². The van der Waals surface area contributed by atoms with Crippen molar-refractivity contribution in [2.75, 3.05) is 0 Å². The molecule has 0 N–H and O–H groups in total. The van der Waals surface area contributed by atoms with Gasteiger partial charge in [0, 0.05) is 33.8 Å². The van der Waals surface area contributed by atoms with Crippen molar-refractivity contribution >= 4 is 0 Å². The number of benzene rings is 6. The third-order valence-electron chi connectivity index (χ3n) is 9.25. The first-order chi connectivity index (χ1) is 27.7. The van der Waals surface area contributed by atoms with Gasteiger partial charge in [0.15, 0.2) is 6.29 Å². The smallest absolute Gasteiger partial charge is 0.293 e. The summed E-state index contributed by atoms with van der Waals surface area (Å²) in [6.45, 7) is 8.08. The summed E-state index contributed by atoms with van der Waals surface area (Å²) in [5.74, 6) is 0. The molecule has 0 aliphatic rings. The van der Waals surface area contributed by atoms with Crippen LogP contribution in [0.4, 0.5) is 0 Å². The van der Waals surface area contributed by atoms with Crippen LogP contribution in [0.3, 0.4) is 0 Å². The van der Waals surface area contributed by atoms with E-state index in [1.807, 2.05) is 86.8 Å². The van der Waals surface area contributed by atoms with Crippen molar-refractivity contribution in [2.24, 2.45) is 0 Å². The molecule has 0 fully saturated rings. The fourth-order valence-corrected chi connectivity index (χ4v) is 6.56. The molecule has 6 aromatic carbocycles. The van der Waals surface area contributed by atoms with Crippen molar-refractivity contribution in [1.82, 2.24) is 29.3 Å². The molecular formula is C50H38MnN6. The number of hydrogen-bond donors (Lipinski definition) is 0. The molecule has 9 rings (SSSR count). The van der Waals surface area contributed by atoms with Gasteiger partial charge in [-0.15, -0.1) is 0 Å². The molecule has 3 aromatic heterocycles. The van der Waals surface area contributed by atoms with Crippen LogP contribution in [0.15, 0.2) is 219 Å². The summed E-state index contributed by atoms with van der Waals surface area (Å²) in [7, 11) is 0. The standard InChI is InChI=1S/C46H33N6.C4H5.Mn/c1-7-19-34(20-8-1)40-31-43(37-25-13-4-14-26-37)50(47-40)46(51-44(38-27-15-5-16-28-38)32-41(48-51)35-21-9-2-10-22-35)52-45(39-29-17-6-18-30-39)33-42(49-52)36-23-11-3-12-24-36;1-3-4-2;/h1-33H;1,3-4H,2H2;/q2*-1;+2. The van der Waals surface area contributed by atoms with Crippen molar-refractivity contribution in [1.29, 1.82) is 0 Å². The van der Waals surface area contributed by atoms with Gasteiger partial charge in [-0.3, -0.25) is 20.6 Å². The van der Waals surface area contributed by atoms with E-state index in [1.165, 1.54) is 12.2 Å². The minimum absolute atomic E-state index is 0. The van der Waals surface area contributed by atoms with Crippen LogP contribution in [-0.4, -0.2) is 29.3 Å². The minimum atomic E-state index is 0. The first-order valence-corrected chi connectivity index (χ1v) is 18.4. The Labute approximate surface area is 344 Å². The van der Waals surface area contributed by atoms with E-state index in [4.69, 9.17) is 21.9 Å². The zero-order valence-corrected chi connectivity index (χ0v) is 32.2. The average Bonchev–Trinajstić information content (AvgIpc) is 4.05. The van der Waals surface area contributed by atoms with Gasteiger partial charge >= 0.3 is 17.1 Å². The molecule has 6 nitrogen and oxygen atoms in total. The van der Waals surface area contributed by atoms with Gasteiger partial charge in [-0.25, -0.2) is 12.2 Å². The molecule has 0 unspecified atom stereocenters. The summed E-state index contributed by atoms with van der Waals surface area (Å²) in [5.41, 5.74) is 11.3. The fraction of sp³-hybridized carbons (Fsp3) is 0. The summed E-state index contributed by atoms with van der Waals surface area (Å²) in [6, 6.07) is 68.5. The van der Waals surface area contributed by atoms with Crippen LogP contribution in [0.1, 0.15) is 0 Å². The molecule has 57 heavy (non-hydrogen) atoms. The van der Waals surface area contributed by atoms with Crippen LogP contribution in [0.25, 0.3) is 67.5 Å². The van der Waals surface area contributed by atoms with Crippen molar-refractivity contribution < 1.29 is 17.1 Å². The summed E-state index contributed by atoms with van der Waals surface area (Å²) in [6.07, 6.45) is 3.56. The SMILES string of the molecule is [CH-]=CC=C.[Mn+2].c1ccc(-c2cc(-c3ccccc3)n([C-](n3nc(-c4ccccc4)cc3-c3ccccc3)n3nc(-c4ccccc4)cc3-c3ccccc3)n2)cc1. The van der Waals surface area contributed by atoms with Crippen molar-refractivity contribution in [3.05, 3.63) is 232 Å². The first kappa shape index (κ1) is 38.1. The van der Waals surface area contributed by atoms with Crippen LogP contribution < -0.4 is 0 Å². The van der Waals surface area contributed by atoms with Crippen LogP contribution in [0, 0.1) is 12.9 Å².